The third kappa shape index (κ3) is 4.66. The molecule has 282 valence electrons. The molecule has 0 saturated heterocycles. The molecule has 1 heteroatoms. The molecule has 1 aliphatic rings. The minimum Gasteiger partial charge on any atom is -0.455 e. The number of benzene rings is 12. The van der Waals surface area contributed by atoms with Gasteiger partial charge >= 0.3 is 0 Å². The van der Waals surface area contributed by atoms with E-state index >= 15 is 0 Å². The summed E-state index contributed by atoms with van der Waals surface area (Å²) in [6, 6.07) is 65.7. The molecule has 12 aromatic carbocycles. The van der Waals surface area contributed by atoms with Gasteiger partial charge in [-0.25, -0.2) is 0 Å². The van der Waals surface area contributed by atoms with Gasteiger partial charge < -0.3 is 4.42 Å². The molecule has 1 nitrogen and oxygen atoms in total. The smallest absolute Gasteiger partial charge is 0.143 e. The molecule has 0 fully saturated rings. The van der Waals surface area contributed by atoms with Gasteiger partial charge in [-0.1, -0.05) is 182 Å². The summed E-state index contributed by atoms with van der Waals surface area (Å²) in [6.45, 7) is 0. The zero-order valence-electron chi connectivity index (χ0n) is 33.3. The average molecular weight is 773 g/mol. The van der Waals surface area contributed by atoms with Crippen molar-refractivity contribution in [2.24, 2.45) is 0 Å². The zero-order valence-corrected chi connectivity index (χ0v) is 33.3. The Kier molecular flexibility index (Phi) is 6.73. The standard InChI is InChI=1S/C60H36O/c1-3-9-35(10-4-1)57-58-51-33-43(45-27-21-40-19-17-36-13-7-15-38-23-31-49(45)55(40)53(36)38)25-29-47(51)48-30-26-44(34-52(48)60(58)61-59(57)42-11-5-2-6-12-42)46-28-22-41-20-18-37-14-8-16-39-24-32-50(46)56(41)54(37)39/h2-3,5-34H,1,4H2. The van der Waals surface area contributed by atoms with Crippen LogP contribution in [0.25, 0.3) is 136 Å². The summed E-state index contributed by atoms with van der Waals surface area (Å²) < 4.78 is 7.35. The Bertz CT molecular complexity index is 4000. The second-order valence-corrected chi connectivity index (χ2v) is 17.0. The number of hydrogen-bond acceptors (Lipinski definition) is 1. The van der Waals surface area contributed by atoms with Crippen LogP contribution in [-0.2, 0) is 0 Å². The summed E-state index contributed by atoms with van der Waals surface area (Å²) in [6.07, 6.45) is 9.07. The molecular weight excluding hydrogens is 737 g/mol. The molecule has 13 aromatic rings. The van der Waals surface area contributed by atoms with E-state index in [9.17, 15) is 0 Å². The van der Waals surface area contributed by atoms with E-state index in [4.69, 9.17) is 4.42 Å². The van der Waals surface area contributed by atoms with Crippen molar-refractivity contribution in [3.63, 3.8) is 0 Å². The molecule has 0 spiro atoms. The molecule has 0 amide bonds. The molecule has 0 atom stereocenters. The van der Waals surface area contributed by atoms with Gasteiger partial charge in [-0.2, -0.15) is 0 Å². The van der Waals surface area contributed by atoms with Crippen LogP contribution in [0.4, 0.5) is 0 Å². The van der Waals surface area contributed by atoms with Crippen molar-refractivity contribution < 1.29 is 4.42 Å². The topological polar surface area (TPSA) is 13.1 Å². The van der Waals surface area contributed by atoms with E-state index in [0.29, 0.717) is 0 Å². The Morgan fingerprint density at radius 1 is 0.344 bits per heavy atom. The second-order valence-electron chi connectivity index (χ2n) is 17.0. The Balaban J connectivity index is 1.09. The minimum atomic E-state index is 0.920. The van der Waals surface area contributed by atoms with E-state index in [-0.39, 0.29) is 0 Å². The fourth-order valence-electron chi connectivity index (χ4n) is 11.0. The van der Waals surface area contributed by atoms with Crippen molar-refractivity contribution in [3.05, 3.63) is 200 Å². The lowest BCUT2D eigenvalue weighted by atomic mass is 9.86. The zero-order chi connectivity index (χ0) is 39.8. The highest BCUT2D eigenvalue weighted by atomic mass is 16.3. The van der Waals surface area contributed by atoms with Crippen LogP contribution < -0.4 is 0 Å². The molecule has 0 N–H and O–H groups in total. The van der Waals surface area contributed by atoms with Crippen molar-refractivity contribution in [2.75, 3.05) is 0 Å². The third-order valence-corrected chi connectivity index (χ3v) is 13.8. The van der Waals surface area contributed by atoms with E-state index in [1.165, 1.54) is 120 Å². The van der Waals surface area contributed by atoms with Crippen molar-refractivity contribution in [2.45, 2.75) is 12.8 Å². The van der Waals surface area contributed by atoms with Crippen LogP contribution in [0.3, 0.4) is 0 Å². The lowest BCUT2D eigenvalue weighted by Crippen LogP contribution is -1.91. The molecule has 1 aromatic heterocycles. The van der Waals surface area contributed by atoms with E-state index in [2.05, 4.69) is 194 Å². The summed E-state index contributed by atoms with van der Waals surface area (Å²) in [5.41, 5.74) is 9.29. The summed E-state index contributed by atoms with van der Waals surface area (Å²) in [5, 5.41) is 21.5. The predicted octanol–water partition coefficient (Wildman–Crippen LogP) is 17.3. The second kappa shape index (κ2) is 12.4. The highest BCUT2D eigenvalue weighted by Gasteiger charge is 2.25. The van der Waals surface area contributed by atoms with Gasteiger partial charge in [0.25, 0.3) is 0 Å². The van der Waals surface area contributed by atoms with Gasteiger partial charge in [-0.05, 0) is 134 Å². The molecule has 0 aliphatic heterocycles. The quantitative estimate of drug-likeness (QED) is 0.162. The van der Waals surface area contributed by atoms with Crippen molar-refractivity contribution in [1.29, 1.82) is 0 Å². The van der Waals surface area contributed by atoms with Crippen LogP contribution in [0.5, 0.6) is 0 Å². The Labute approximate surface area is 351 Å². The SMILES string of the molecule is C1=CC(c2c(-c3ccccc3)oc3c4cc(-c5ccc6ccc7cccc8ccc5c6c78)ccc4c4ccc(-c5ccc6ccc7cccc8ccc5c6c78)cc4c23)=CCC1. The Morgan fingerprint density at radius 3 is 1.43 bits per heavy atom. The number of hydrogen-bond donors (Lipinski definition) is 0. The highest BCUT2D eigenvalue weighted by molar-refractivity contribution is 6.30. The first kappa shape index (κ1) is 33.1. The average Bonchev–Trinajstić information content (AvgIpc) is 3.74. The Morgan fingerprint density at radius 2 is 0.852 bits per heavy atom. The first-order valence-corrected chi connectivity index (χ1v) is 21.5. The molecule has 0 unspecified atom stereocenters. The molecule has 0 saturated carbocycles. The molecular formula is C60H36O. The highest BCUT2D eigenvalue weighted by Crippen LogP contribution is 2.49. The third-order valence-electron chi connectivity index (χ3n) is 13.8. The molecule has 0 radical (unpaired) electrons. The minimum absolute atomic E-state index is 0.920. The van der Waals surface area contributed by atoms with Crippen LogP contribution in [0.2, 0.25) is 0 Å². The van der Waals surface area contributed by atoms with Crippen molar-refractivity contribution in [1.82, 2.24) is 0 Å². The summed E-state index contributed by atoms with van der Waals surface area (Å²) in [5.74, 6) is 0.920. The summed E-state index contributed by atoms with van der Waals surface area (Å²) in [4.78, 5) is 0. The van der Waals surface area contributed by atoms with Crippen LogP contribution >= 0.6 is 0 Å². The van der Waals surface area contributed by atoms with Gasteiger partial charge in [-0.15, -0.1) is 0 Å². The van der Waals surface area contributed by atoms with Gasteiger partial charge in [0.15, 0.2) is 0 Å². The van der Waals surface area contributed by atoms with E-state index < -0.39 is 0 Å². The van der Waals surface area contributed by atoms with Crippen LogP contribution in [0.15, 0.2) is 199 Å². The van der Waals surface area contributed by atoms with Gasteiger partial charge in [0, 0.05) is 21.9 Å². The molecule has 0 bridgehead atoms. The fourth-order valence-corrected chi connectivity index (χ4v) is 11.0. The number of rotatable bonds is 4. The van der Waals surface area contributed by atoms with Gasteiger partial charge in [-0.3, -0.25) is 0 Å². The maximum Gasteiger partial charge on any atom is 0.143 e. The van der Waals surface area contributed by atoms with Gasteiger partial charge in [0.05, 0.1) is 0 Å². The fraction of sp³-hybridized carbons (Fsp3) is 0.0333. The largest absolute Gasteiger partial charge is 0.455 e. The monoisotopic (exact) mass is 772 g/mol. The molecule has 1 heterocycles. The first-order chi connectivity index (χ1) is 30.2. The van der Waals surface area contributed by atoms with Crippen molar-refractivity contribution in [3.8, 4) is 33.6 Å². The lowest BCUT2D eigenvalue weighted by Gasteiger charge is -2.16. The molecule has 1 aliphatic carbocycles. The van der Waals surface area contributed by atoms with E-state index in [1.807, 2.05) is 0 Å². The van der Waals surface area contributed by atoms with Crippen LogP contribution in [0.1, 0.15) is 18.4 Å². The number of fused-ring (bicyclic) bond motifs is 6. The maximum absolute atomic E-state index is 7.35. The van der Waals surface area contributed by atoms with Crippen LogP contribution in [-0.4, -0.2) is 0 Å². The summed E-state index contributed by atoms with van der Waals surface area (Å²) >= 11 is 0. The lowest BCUT2D eigenvalue weighted by molar-refractivity contribution is 0.634. The van der Waals surface area contributed by atoms with Crippen molar-refractivity contribution >= 4 is 103 Å². The van der Waals surface area contributed by atoms with Crippen LogP contribution in [0, 0.1) is 0 Å². The maximum atomic E-state index is 7.35. The number of allylic oxidation sites excluding steroid dienone is 4. The Hall–Kier alpha value is -7.74. The predicted molar refractivity (Wildman–Crippen MR) is 261 cm³/mol. The summed E-state index contributed by atoms with van der Waals surface area (Å²) in [7, 11) is 0. The van der Waals surface area contributed by atoms with Gasteiger partial charge in [0.1, 0.15) is 11.3 Å². The first-order valence-electron chi connectivity index (χ1n) is 21.5. The van der Waals surface area contributed by atoms with E-state index in [1.54, 1.807) is 0 Å². The normalized spacial score (nSPS) is 13.5. The van der Waals surface area contributed by atoms with Gasteiger partial charge in [0.2, 0.25) is 0 Å². The molecule has 14 rings (SSSR count). The van der Waals surface area contributed by atoms with E-state index in [0.717, 1.165) is 35.1 Å². The molecule has 61 heavy (non-hydrogen) atoms. The number of furan rings is 1.